The first-order valence-electron chi connectivity index (χ1n) is 3.80. The molecule has 1 spiro atoms. The smallest absolute Gasteiger partial charge is 0.0198 e. The normalized spacial score (nSPS) is 28.3. The summed E-state index contributed by atoms with van der Waals surface area (Å²) < 4.78 is 0. The predicted molar refractivity (Wildman–Crippen MR) is 38.8 cm³/mol. The molecule has 2 rings (SSSR count). The molecule has 0 bridgehead atoms. The van der Waals surface area contributed by atoms with Crippen LogP contribution in [0.25, 0.3) is 0 Å². The molecule has 1 heterocycles. The average Bonchev–Trinajstić information content (AvgIpc) is 2.52. The van der Waals surface area contributed by atoms with Gasteiger partial charge >= 0.3 is 0 Å². The van der Waals surface area contributed by atoms with Crippen LogP contribution in [0, 0.1) is 5.41 Å². The highest BCUT2D eigenvalue weighted by molar-refractivity contribution is 5.03. The Morgan fingerprint density at radius 3 is 1.78 bits per heavy atom. The lowest BCUT2D eigenvalue weighted by molar-refractivity contribution is 0.0827. The molecule has 1 aliphatic carbocycles. The maximum Gasteiger partial charge on any atom is 0.0198 e. The van der Waals surface area contributed by atoms with Gasteiger partial charge in [-0.1, -0.05) is 13.8 Å². The summed E-state index contributed by atoms with van der Waals surface area (Å²) in [6.07, 6.45) is 2.86. The SMILES string of the molecule is CC.NN1CC2(CC2)C1. The van der Waals surface area contributed by atoms with E-state index < -0.39 is 0 Å². The van der Waals surface area contributed by atoms with E-state index >= 15 is 0 Å². The van der Waals surface area contributed by atoms with Crippen LogP contribution in [-0.2, 0) is 0 Å². The van der Waals surface area contributed by atoms with E-state index in [0.29, 0.717) is 0 Å². The van der Waals surface area contributed by atoms with Crippen molar-refractivity contribution < 1.29 is 0 Å². The first-order valence-corrected chi connectivity index (χ1v) is 3.80. The minimum Gasteiger partial charge on any atom is -0.269 e. The zero-order valence-electron chi connectivity index (χ0n) is 6.35. The average molecular weight is 128 g/mol. The van der Waals surface area contributed by atoms with Crippen LogP contribution in [-0.4, -0.2) is 18.1 Å². The largest absolute Gasteiger partial charge is 0.269 e. The molecule has 0 unspecified atom stereocenters. The Morgan fingerprint density at radius 2 is 1.67 bits per heavy atom. The number of nitrogens with two attached hydrogens (primary N) is 1. The van der Waals surface area contributed by atoms with Crippen molar-refractivity contribution in [2.45, 2.75) is 26.7 Å². The van der Waals surface area contributed by atoms with Crippen molar-refractivity contribution in [1.82, 2.24) is 5.01 Å². The molecule has 0 aromatic carbocycles. The predicted octanol–water partition coefficient (Wildman–Crippen LogP) is 0.982. The van der Waals surface area contributed by atoms with Crippen molar-refractivity contribution in [3.05, 3.63) is 0 Å². The van der Waals surface area contributed by atoms with Crippen LogP contribution in [0.2, 0.25) is 0 Å². The summed E-state index contributed by atoms with van der Waals surface area (Å²) in [5, 5.41) is 1.90. The van der Waals surface area contributed by atoms with Gasteiger partial charge in [0, 0.05) is 13.1 Å². The van der Waals surface area contributed by atoms with Crippen molar-refractivity contribution in [3.63, 3.8) is 0 Å². The van der Waals surface area contributed by atoms with Crippen LogP contribution < -0.4 is 5.84 Å². The minimum atomic E-state index is 0.745. The molecule has 2 heteroatoms. The van der Waals surface area contributed by atoms with Crippen molar-refractivity contribution in [1.29, 1.82) is 0 Å². The van der Waals surface area contributed by atoms with Gasteiger partial charge in [-0.25, -0.2) is 5.01 Å². The van der Waals surface area contributed by atoms with E-state index in [1.165, 1.54) is 12.8 Å². The summed E-state index contributed by atoms with van der Waals surface area (Å²) in [7, 11) is 0. The molecule has 2 nitrogen and oxygen atoms in total. The maximum absolute atomic E-state index is 5.43. The zero-order chi connectivity index (χ0) is 6.91. The summed E-state index contributed by atoms with van der Waals surface area (Å²) in [6.45, 7) is 6.32. The highest BCUT2D eigenvalue weighted by Crippen LogP contribution is 2.51. The molecular formula is C7H16N2. The van der Waals surface area contributed by atoms with Gasteiger partial charge in [-0.05, 0) is 18.3 Å². The van der Waals surface area contributed by atoms with E-state index in [4.69, 9.17) is 5.84 Å². The van der Waals surface area contributed by atoms with E-state index in [2.05, 4.69) is 0 Å². The number of hydrogen-bond donors (Lipinski definition) is 1. The topological polar surface area (TPSA) is 29.3 Å². The monoisotopic (exact) mass is 128 g/mol. The van der Waals surface area contributed by atoms with Gasteiger partial charge in [0.05, 0.1) is 0 Å². The minimum absolute atomic E-state index is 0.745. The third-order valence-corrected chi connectivity index (χ3v) is 2.03. The lowest BCUT2D eigenvalue weighted by Crippen LogP contribution is -2.52. The number of nitrogens with zero attached hydrogens (tertiary/aromatic N) is 1. The summed E-state index contributed by atoms with van der Waals surface area (Å²) in [4.78, 5) is 0. The third kappa shape index (κ3) is 1.25. The molecule has 0 aromatic rings. The molecule has 0 atom stereocenters. The molecule has 1 aliphatic heterocycles. The van der Waals surface area contributed by atoms with Crippen LogP contribution in [0.5, 0.6) is 0 Å². The van der Waals surface area contributed by atoms with E-state index in [9.17, 15) is 0 Å². The van der Waals surface area contributed by atoms with Crippen LogP contribution in [0.4, 0.5) is 0 Å². The quantitative estimate of drug-likeness (QED) is 0.493. The Kier molecular flexibility index (Phi) is 1.78. The van der Waals surface area contributed by atoms with Crippen molar-refractivity contribution in [2.75, 3.05) is 13.1 Å². The Hall–Kier alpha value is -0.0800. The fraction of sp³-hybridized carbons (Fsp3) is 1.00. The molecule has 2 aliphatic rings. The maximum atomic E-state index is 5.43. The molecule has 2 fully saturated rings. The molecule has 1 saturated heterocycles. The Balaban J connectivity index is 0.000000186. The molecule has 0 radical (unpaired) electrons. The second kappa shape index (κ2) is 2.27. The number of rotatable bonds is 0. The summed E-state index contributed by atoms with van der Waals surface area (Å²) in [5.74, 6) is 5.43. The van der Waals surface area contributed by atoms with Gasteiger partial charge in [-0.2, -0.15) is 0 Å². The van der Waals surface area contributed by atoms with Crippen LogP contribution in [0.15, 0.2) is 0 Å². The molecule has 54 valence electrons. The van der Waals surface area contributed by atoms with Crippen LogP contribution in [0.1, 0.15) is 26.7 Å². The van der Waals surface area contributed by atoms with Gasteiger partial charge in [0.1, 0.15) is 0 Å². The lowest BCUT2D eigenvalue weighted by atomic mass is 10.00. The van der Waals surface area contributed by atoms with E-state index in [1.807, 2.05) is 18.9 Å². The third-order valence-electron chi connectivity index (χ3n) is 2.03. The van der Waals surface area contributed by atoms with Gasteiger partial charge in [0.15, 0.2) is 0 Å². The Bertz CT molecular complexity index is 89.1. The van der Waals surface area contributed by atoms with E-state index in [0.717, 1.165) is 18.5 Å². The first kappa shape index (κ1) is 7.03. The van der Waals surface area contributed by atoms with Gasteiger partial charge in [-0.3, -0.25) is 5.84 Å². The fourth-order valence-electron chi connectivity index (χ4n) is 1.31. The van der Waals surface area contributed by atoms with Gasteiger partial charge < -0.3 is 0 Å². The molecule has 0 aromatic heterocycles. The summed E-state index contributed by atoms with van der Waals surface area (Å²) >= 11 is 0. The van der Waals surface area contributed by atoms with Crippen molar-refractivity contribution in [2.24, 2.45) is 11.3 Å². The highest BCUT2D eigenvalue weighted by atomic mass is 15.5. The van der Waals surface area contributed by atoms with Gasteiger partial charge in [-0.15, -0.1) is 0 Å². The van der Waals surface area contributed by atoms with Crippen molar-refractivity contribution >= 4 is 0 Å². The fourth-order valence-corrected chi connectivity index (χ4v) is 1.31. The molecule has 2 N–H and O–H groups in total. The molecule has 0 amide bonds. The van der Waals surface area contributed by atoms with Crippen molar-refractivity contribution in [3.8, 4) is 0 Å². The summed E-state index contributed by atoms with van der Waals surface area (Å²) in [6, 6.07) is 0. The zero-order valence-corrected chi connectivity index (χ0v) is 6.35. The molecular weight excluding hydrogens is 112 g/mol. The first-order chi connectivity index (χ1) is 4.31. The van der Waals surface area contributed by atoms with Crippen LogP contribution in [0.3, 0.4) is 0 Å². The molecule has 9 heavy (non-hydrogen) atoms. The Morgan fingerprint density at radius 1 is 1.22 bits per heavy atom. The lowest BCUT2D eigenvalue weighted by Gasteiger charge is -2.35. The van der Waals surface area contributed by atoms with Gasteiger partial charge in [0.25, 0.3) is 0 Å². The number of hydrogen-bond acceptors (Lipinski definition) is 2. The van der Waals surface area contributed by atoms with Crippen LogP contribution >= 0.6 is 0 Å². The number of hydrazine groups is 1. The highest BCUT2D eigenvalue weighted by Gasteiger charge is 2.51. The van der Waals surface area contributed by atoms with E-state index in [1.54, 1.807) is 0 Å². The Labute approximate surface area is 57.0 Å². The second-order valence-electron chi connectivity index (χ2n) is 2.90. The van der Waals surface area contributed by atoms with E-state index in [-0.39, 0.29) is 0 Å². The second-order valence-corrected chi connectivity index (χ2v) is 2.90. The van der Waals surface area contributed by atoms with Gasteiger partial charge in [0.2, 0.25) is 0 Å². The summed E-state index contributed by atoms with van der Waals surface area (Å²) in [5.41, 5.74) is 0.745. The molecule has 1 saturated carbocycles. The standard InChI is InChI=1S/C5H10N2.C2H6/c6-7-3-5(4-7)1-2-5;1-2/h1-4,6H2;1-2H3.